The third-order valence-corrected chi connectivity index (χ3v) is 3.40. The molecule has 0 aliphatic carbocycles. The number of rotatable bonds is 4. The number of nitrogens with zero attached hydrogens (tertiary/aromatic N) is 1. The summed E-state index contributed by atoms with van der Waals surface area (Å²) >= 11 is 0. The first-order valence-corrected chi connectivity index (χ1v) is 6.60. The van der Waals surface area contributed by atoms with E-state index in [1.54, 1.807) is 7.11 Å². The molecule has 0 atom stereocenters. The molecule has 5 nitrogen and oxygen atoms in total. The van der Waals surface area contributed by atoms with Gasteiger partial charge in [0.05, 0.1) is 13.7 Å². The second-order valence-electron chi connectivity index (χ2n) is 4.71. The van der Waals surface area contributed by atoms with Gasteiger partial charge < -0.3 is 19.2 Å². The molecule has 1 aromatic heterocycles. The predicted molar refractivity (Wildman–Crippen MR) is 71.2 cm³/mol. The van der Waals surface area contributed by atoms with Crippen molar-refractivity contribution in [1.82, 2.24) is 10.3 Å². The van der Waals surface area contributed by atoms with Gasteiger partial charge in [0.1, 0.15) is 11.3 Å². The molecule has 0 saturated carbocycles. The summed E-state index contributed by atoms with van der Waals surface area (Å²) in [7, 11) is 1.65. The highest BCUT2D eigenvalue weighted by Crippen LogP contribution is 2.21. The maximum atomic E-state index is 5.70. The summed E-state index contributed by atoms with van der Waals surface area (Å²) in [4.78, 5) is 4.47. The zero-order chi connectivity index (χ0) is 13.1. The third kappa shape index (κ3) is 2.88. The Labute approximate surface area is 111 Å². The number of hydrogen-bond donors (Lipinski definition) is 1. The molecule has 0 bridgehead atoms. The molecule has 0 amide bonds. The first-order chi connectivity index (χ1) is 9.35. The molecule has 0 unspecified atom stereocenters. The van der Waals surface area contributed by atoms with E-state index in [1.807, 2.05) is 18.2 Å². The number of benzene rings is 1. The number of ether oxygens (including phenoxy) is 2. The minimum atomic E-state index is 0.498. The first-order valence-electron chi connectivity index (χ1n) is 6.60. The van der Waals surface area contributed by atoms with Crippen LogP contribution in [0.1, 0.15) is 18.7 Å². The van der Waals surface area contributed by atoms with Crippen LogP contribution in [0.15, 0.2) is 22.6 Å². The lowest BCUT2D eigenvalue weighted by atomic mass is 10.1. The largest absolute Gasteiger partial charge is 0.497 e. The van der Waals surface area contributed by atoms with Gasteiger partial charge in [-0.1, -0.05) is 0 Å². The Kier molecular flexibility index (Phi) is 3.66. The molecule has 102 valence electrons. The van der Waals surface area contributed by atoms with E-state index < -0.39 is 0 Å². The molecule has 0 radical (unpaired) electrons. The summed E-state index contributed by atoms with van der Waals surface area (Å²) in [5.74, 6) is 1.51. The molecule has 1 fully saturated rings. The van der Waals surface area contributed by atoms with Gasteiger partial charge in [-0.3, -0.25) is 0 Å². The third-order valence-electron chi connectivity index (χ3n) is 3.40. The molecule has 1 N–H and O–H groups in total. The van der Waals surface area contributed by atoms with Crippen LogP contribution in [0.5, 0.6) is 5.75 Å². The Balaban J connectivity index is 1.67. The Morgan fingerprint density at radius 3 is 3.00 bits per heavy atom. The van der Waals surface area contributed by atoms with E-state index in [0.717, 1.165) is 48.8 Å². The zero-order valence-electron chi connectivity index (χ0n) is 11.0. The van der Waals surface area contributed by atoms with Gasteiger partial charge in [-0.15, -0.1) is 0 Å². The molecule has 1 aliphatic rings. The van der Waals surface area contributed by atoms with Crippen LogP contribution in [0.4, 0.5) is 0 Å². The molecule has 1 saturated heterocycles. The number of hydrogen-bond acceptors (Lipinski definition) is 5. The van der Waals surface area contributed by atoms with Crippen LogP contribution >= 0.6 is 0 Å². The molecule has 2 heterocycles. The normalized spacial score (nSPS) is 16.9. The molecular formula is C14H18N2O3. The van der Waals surface area contributed by atoms with Gasteiger partial charge in [0.15, 0.2) is 5.58 Å². The van der Waals surface area contributed by atoms with E-state index >= 15 is 0 Å². The fraction of sp³-hybridized carbons (Fsp3) is 0.500. The van der Waals surface area contributed by atoms with E-state index in [0.29, 0.717) is 12.6 Å². The van der Waals surface area contributed by atoms with Crippen molar-refractivity contribution in [1.29, 1.82) is 0 Å². The van der Waals surface area contributed by atoms with Crippen molar-refractivity contribution >= 4 is 11.1 Å². The smallest absolute Gasteiger partial charge is 0.209 e. The first kappa shape index (κ1) is 12.4. The van der Waals surface area contributed by atoms with Crippen molar-refractivity contribution in [3.63, 3.8) is 0 Å². The van der Waals surface area contributed by atoms with E-state index in [9.17, 15) is 0 Å². The van der Waals surface area contributed by atoms with E-state index in [-0.39, 0.29) is 0 Å². The van der Waals surface area contributed by atoms with Gasteiger partial charge in [-0.25, -0.2) is 4.98 Å². The highest BCUT2D eigenvalue weighted by molar-refractivity contribution is 5.74. The van der Waals surface area contributed by atoms with Crippen molar-refractivity contribution in [2.45, 2.75) is 25.4 Å². The maximum Gasteiger partial charge on any atom is 0.209 e. The zero-order valence-corrected chi connectivity index (χ0v) is 11.0. The van der Waals surface area contributed by atoms with Crippen LogP contribution in [-0.4, -0.2) is 31.3 Å². The van der Waals surface area contributed by atoms with Gasteiger partial charge in [0, 0.05) is 25.3 Å². The van der Waals surface area contributed by atoms with Gasteiger partial charge in [-0.2, -0.15) is 0 Å². The lowest BCUT2D eigenvalue weighted by Crippen LogP contribution is -2.34. The van der Waals surface area contributed by atoms with E-state index in [4.69, 9.17) is 13.9 Å². The highest BCUT2D eigenvalue weighted by atomic mass is 16.5. The van der Waals surface area contributed by atoms with Crippen molar-refractivity contribution in [2.24, 2.45) is 0 Å². The lowest BCUT2D eigenvalue weighted by molar-refractivity contribution is 0.0770. The van der Waals surface area contributed by atoms with Crippen LogP contribution in [0.2, 0.25) is 0 Å². The second kappa shape index (κ2) is 5.59. The standard InChI is InChI=1S/C14H18N2O3/c1-17-11-2-3-13-12(8-11)16-14(19-13)9-15-10-4-6-18-7-5-10/h2-3,8,10,15H,4-7,9H2,1H3. The topological polar surface area (TPSA) is 56.5 Å². The molecule has 1 aliphatic heterocycles. The van der Waals surface area contributed by atoms with Crippen molar-refractivity contribution < 1.29 is 13.9 Å². The summed E-state index contributed by atoms with van der Waals surface area (Å²) in [6.07, 6.45) is 2.10. The fourth-order valence-corrected chi connectivity index (χ4v) is 2.29. The maximum absolute atomic E-state index is 5.70. The van der Waals surface area contributed by atoms with Crippen LogP contribution in [0.25, 0.3) is 11.1 Å². The number of methoxy groups -OCH3 is 1. The number of oxazole rings is 1. The highest BCUT2D eigenvalue weighted by Gasteiger charge is 2.14. The lowest BCUT2D eigenvalue weighted by Gasteiger charge is -2.22. The fourth-order valence-electron chi connectivity index (χ4n) is 2.29. The number of nitrogens with one attached hydrogen (secondary N) is 1. The second-order valence-corrected chi connectivity index (χ2v) is 4.71. The monoisotopic (exact) mass is 262 g/mol. The molecular weight excluding hydrogens is 244 g/mol. The number of fused-ring (bicyclic) bond motifs is 1. The van der Waals surface area contributed by atoms with Crippen LogP contribution in [0.3, 0.4) is 0 Å². The van der Waals surface area contributed by atoms with Crippen molar-refractivity contribution in [2.75, 3.05) is 20.3 Å². The minimum Gasteiger partial charge on any atom is -0.497 e. The average Bonchev–Trinajstić information content (AvgIpc) is 2.88. The summed E-state index contributed by atoms with van der Waals surface area (Å²) in [6.45, 7) is 2.33. The van der Waals surface area contributed by atoms with E-state index in [1.165, 1.54) is 0 Å². The molecule has 1 aromatic carbocycles. The summed E-state index contributed by atoms with van der Waals surface area (Å²) < 4.78 is 16.2. The number of aromatic nitrogens is 1. The van der Waals surface area contributed by atoms with Crippen LogP contribution in [-0.2, 0) is 11.3 Å². The molecule has 19 heavy (non-hydrogen) atoms. The molecule has 3 rings (SSSR count). The SMILES string of the molecule is COc1ccc2oc(CNC3CCOCC3)nc2c1. The van der Waals surface area contributed by atoms with Gasteiger partial charge in [0.2, 0.25) is 5.89 Å². The molecule has 2 aromatic rings. The Hall–Kier alpha value is -1.59. The molecule has 5 heteroatoms. The van der Waals surface area contributed by atoms with Crippen molar-refractivity contribution in [3.05, 3.63) is 24.1 Å². The molecule has 0 spiro atoms. The Morgan fingerprint density at radius 2 is 2.21 bits per heavy atom. The van der Waals surface area contributed by atoms with Crippen LogP contribution < -0.4 is 10.1 Å². The van der Waals surface area contributed by atoms with Crippen molar-refractivity contribution in [3.8, 4) is 5.75 Å². The van der Waals surface area contributed by atoms with E-state index in [2.05, 4.69) is 10.3 Å². The quantitative estimate of drug-likeness (QED) is 0.914. The van der Waals surface area contributed by atoms with Crippen LogP contribution in [0, 0.1) is 0 Å². The summed E-state index contributed by atoms with van der Waals surface area (Å²) in [6, 6.07) is 6.15. The average molecular weight is 262 g/mol. The van der Waals surface area contributed by atoms with Gasteiger partial charge in [-0.05, 0) is 25.0 Å². The Bertz CT molecular complexity index is 547. The van der Waals surface area contributed by atoms with Gasteiger partial charge in [0.25, 0.3) is 0 Å². The summed E-state index contributed by atoms with van der Waals surface area (Å²) in [5.41, 5.74) is 1.63. The van der Waals surface area contributed by atoms with Gasteiger partial charge >= 0.3 is 0 Å². The predicted octanol–water partition coefficient (Wildman–Crippen LogP) is 2.10. The summed E-state index contributed by atoms with van der Waals surface area (Å²) in [5, 5.41) is 3.46. The Morgan fingerprint density at radius 1 is 1.37 bits per heavy atom. The minimum absolute atomic E-state index is 0.498.